The van der Waals surface area contributed by atoms with Gasteiger partial charge in [0.25, 0.3) is 0 Å². The van der Waals surface area contributed by atoms with Gasteiger partial charge in [0.1, 0.15) is 0 Å². The van der Waals surface area contributed by atoms with Gasteiger partial charge < -0.3 is 9.15 Å². The minimum atomic E-state index is -0.0220. The summed E-state index contributed by atoms with van der Waals surface area (Å²) >= 11 is 0. The van der Waals surface area contributed by atoms with Gasteiger partial charge in [0.15, 0.2) is 5.43 Å². The normalized spacial score (nSPS) is 15.0. The maximum Gasteiger partial charge on any atom is 0.184 e. The molecule has 1 aromatic heterocycles. The summed E-state index contributed by atoms with van der Waals surface area (Å²) in [6.45, 7) is 2.00. The minimum absolute atomic E-state index is 0.0220. The van der Waals surface area contributed by atoms with Crippen molar-refractivity contribution in [1.29, 1.82) is 0 Å². The lowest BCUT2D eigenvalue weighted by atomic mass is 10.4. The van der Waals surface area contributed by atoms with E-state index in [4.69, 9.17) is 4.74 Å². The Morgan fingerprint density at radius 2 is 1.67 bits per heavy atom. The molecule has 0 bridgehead atoms. The number of hydrogen-bond acceptors (Lipinski definition) is 3. The fraction of sp³-hybridized carbons (Fsp3) is 0.444. The summed E-state index contributed by atoms with van der Waals surface area (Å²) in [6.07, 6.45) is 5.25. The molecule has 1 saturated heterocycles. The summed E-state index contributed by atoms with van der Waals surface area (Å²) in [7, 11) is 0. The van der Waals surface area contributed by atoms with Crippen LogP contribution in [0.4, 0.5) is 0 Å². The minimum Gasteiger partial charge on any atom is -0.472 e. The molecule has 2 rings (SSSR count). The van der Waals surface area contributed by atoms with Crippen LogP contribution in [0, 0.1) is 0 Å². The van der Waals surface area contributed by atoms with E-state index in [9.17, 15) is 4.79 Å². The molecule has 0 atom stereocenters. The molecule has 0 aliphatic carbocycles. The molecule has 0 N–H and O–H groups in total. The van der Waals surface area contributed by atoms with Gasteiger partial charge in [0.05, 0.1) is 12.5 Å². The predicted molar refractivity (Wildman–Crippen MR) is 45.0 cm³/mol. The van der Waals surface area contributed by atoms with Crippen molar-refractivity contribution in [2.75, 3.05) is 13.2 Å². The van der Waals surface area contributed by atoms with Crippen molar-refractivity contribution in [3.05, 3.63) is 34.9 Å². The molecule has 12 heavy (non-hydrogen) atoms. The summed E-state index contributed by atoms with van der Waals surface area (Å²) < 4.78 is 9.50. The van der Waals surface area contributed by atoms with Gasteiger partial charge in [-0.05, 0) is 12.8 Å². The highest BCUT2D eigenvalue weighted by Crippen LogP contribution is 1.98. The Balaban J connectivity index is 0.000000127. The first-order valence-corrected chi connectivity index (χ1v) is 4.00. The monoisotopic (exact) mass is 168 g/mol. The highest BCUT2D eigenvalue weighted by molar-refractivity contribution is 4.86. The van der Waals surface area contributed by atoms with Gasteiger partial charge >= 0.3 is 0 Å². The molecule has 3 heteroatoms. The van der Waals surface area contributed by atoms with Crippen LogP contribution in [0.15, 0.2) is 33.9 Å². The third-order valence-electron chi connectivity index (χ3n) is 1.45. The molecule has 3 nitrogen and oxygen atoms in total. The van der Waals surface area contributed by atoms with Crippen molar-refractivity contribution in [2.24, 2.45) is 0 Å². The van der Waals surface area contributed by atoms with Crippen LogP contribution in [-0.2, 0) is 4.74 Å². The maximum absolute atomic E-state index is 10.2. The predicted octanol–water partition coefficient (Wildman–Crippen LogP) is 1.44. The molecule has 1 fully saturated rings. The molecule has 0 unspecified atom stereocenters. The van der Waals surface area contributed by atoms with Gasteiger partial charge in [-0.3, -0.25) is 4.79 Å². The second-order valence-electron chi connectivity index (χ2n) is 2.46. The van der Waals surface area contributed by atoms with Crippen LogP contribution < -0.4 is 5.43 Å². The van der Waals surface area contributed by atoms with Gasteiger partial charge in [-0.15, -0.1) is 0 Å². The Hall–Kier alpha value is -1.09. The molecule has 1 aliphatic heterocycles. The van der Waals surface area contributed by atoms with Gasteiger partial charge in [-0.2, -0.15) is 0 Å². The molecular formula is C9H12O3. The van der Waals surface area contributed by atoms with Crippen LogP contribution in [-0.4, -0.2) is 13.2 Å². The van der Waals surface area contributed by atoms with Crippen molar-refractivity contribution in [1.82, 2.24) is 0 Å². The largest absolute Gasteiger partial charge is 0.472 e. The number of hydrogen-bond donors (Lipinski definition) is 0. The van der Waals surface area contributed by atoms with E-state index in [1.807, 2.05) is 0 Å². The average molecular weight is 168 g/mol. The van der Waals surface area contributed by atoms with E-state index in [1.165, 1.54) is 37.5 Å². The Labute approximate surface area is 71.0 Å². The van der Waals surface area contributed by atoms with Crippen LogP contribution in [0.5, 0.6) is 0 Å². The van der Waals surface area contributed by atoms with Gasteiger partial charge in [0, 0.05) is 25.3 Å². The van der Waals surface area contributed by atoms with E-state index in [0.717, 1.165) is 13.2 Å². The van der Waals surface area contributed by atoms with Crippen molar-refractivity contribution in [3.63, 3.8) is 0 Å². The molecule has 1 aromatic rings. The quantitative estimate of drug-likeness (QED) is 0.588. The average Bonchev–Trinajstić information content (AvgIpc) is 2.62. The lowest BCUT2D eigenvalue weighted by molar-refractivity contribution is 0.198. The van der Waals surface area contributed by atoms with E-state index >= 15 is 0 Å². The molecule has 0 amide bonds. The van der Waals surface area contributed by atoms with Gasteiger partial charge in [0.2, 0.25) is 0 Å². The molecule has 0 aromatic carbocycles. The lowest BCUT2D eigenvalue weighted by Gasteiger charge is -1.76. The van der Waals surface area contributed by atoms with Crippen molar-refractivity contribution < 1.29 is 9.15 Å². The van der Waals surface area contributed by atoms with Crippen LogP contribution in [0.1, 0.15) is 12.8 Å². The second kappa shape index (κ2) is 5.55. The van der Waals surface area contributed by atoms with Gasteiger partial charge in [-0.25, -0.2) is 0 Å². The topological polar surface area (TPSA) is 39.4 Å². The first-order chi connectivity index (χ1) is 5.89. The Morgan fingerprint density at radius 1 is 1.08 bits per heavy atom. The van der Waals surface area contributed by atoms with E-state index in [-0.39, 0.29) is 5.43 Å². The molecule has 66 valence electrons. The van der Waals surface area contributed by atoms with E-state index in [0.29, 0.717) is 0 Å². The molecule has 0 saturated carbocycles. The second-order valence-corrected chi connectivity index (χ2v) is 2.46. The Bertz CT molecular complexity index is 225. The first-order valence-electron chi connectivity index (χ1n) is 4.00. The first kappa shape index (κ1) is 9.00. The zero-order chi connectivity index (χ0) is 8.65. The maximum atomic E-state index is 10.2. The summed E-state index contributed by atoms with van der Waals surface area (Å²) in [5, 5.41) is 0. The summed E-state index contributed by atoms with van der Waals surface area (Å²) in [6, 6.07) is 2.72. The van der Waals surface area contributed by atoms with Crippen LogP contribution >= 0.6 is 0 Å². The summed E-state index contributed by atoms with van der Waals surface area (Å²) in [5.74, 6) is 0. The van der Waals surface area contributed by atoms with Crippen LogP contribution in [0.25, 0.3) is 0 Å². The Kier molecular flexibility index (Phi) is 4.16. The van der Waals surface area contributed by atoms with Crippen molar-refractivity contribution in [2.45, 2.75) is 12.8 Å². The van der Waals surface area contributed by atoms with E-state index < -0.39 is 0 Å². The van der Waals surface area contributed by atoms with Crippen LogP contribution in [0.3, 0.4) is 0 Å². The van der Waals surface area contributed by atoms with Gasteiger partial charge in [-0.1, -0.05) is 0 Å². The molecule has 0 radical (unpaired) electrons. The van der Waals surface area contributed by atoms with Crippen LogP contribution in [0.2, 0.25) is 0 Å². The molecule has 1 aliphatic rings. The fourth-order valence-corrected chi connectivity index (χ4v) is 0.824. The molecule has 2 heterocycles. The smallest absolute Gasteiger partial charge is 0.184 e. The Morgan fingerprint density at radius 3 is 1.92 bits per heavy atom. The summed E-state index contributed by atoms with van der Waals surface area (Å²) in [4.78, 5) is 10.2. The zero-order valence-electron chi connectivity index (χ0n) is 6.86. The summed E-state index contributed by atoms with van der Waals surface area (Å²) in [5.41, 5.74) is -0.0220. The number of ether oxygens (including phenoxy) is 1. The zero-order valence-corrected chi connectivity index (χ0v) is 6.86. The fourth-order valence-electron chi connectivity index (χ4n) is 0.824. The van der Waals surface area contributed by atoms with Crippen molar-refractivity contribution >= 4 is 0 Å². The highest BCUT2D eigenvalue weighted by Gasteiger charge is 1.94. The molecular weight excluding hydrogens is 156 g/mol. The van der Waals surface area contributed by atoms with Crippen molar-refractivity contribution in [3.8, 4) is 0 Å². The molecule has 0 spiro atoms. The third-order valence-corrected chi connectivity index (χ3v) is 1.45. The SMILES string of the molecule is C1CCOC1.O=c1ccocc1. The number of rotatable bonds is 0. The third kappa shape index (κ3) is 3.93. The highest BCUT2D eigenvalue weighted by atomic mass is 16.5. The van der Waals surface area contributed by atoms with E-state index in [1.54, 1.807) is 0 Å². The standard InChI is InChI=1S/C5H4O2.C4H8O/c6-5-1-3-7-4-2-5;1-2-4-5-3-1/h1-4H;1-4H2. The lowest BCUT2D eigenvalue weighted by Crippen LogP contribution is -1.90. The van der Waals surface area contributed by atoms with E-state index in [2.05, 4.69) is 4.42 Å².